The lowest BCUT2D eigenvalue weighted by Crippen LogP contribution is -2.34. The van der Waals surface area contributed by atoms with E-state index < -0.39 is 0 Å². The van der Waals surface area contributed by atoms with Gasteiger partial charge in [-0.05, 0) is 61.4 Å². The highest BCUT2D eigenvalue weighted by molar-refractivity contribution is 4.82. The molecule has 1 fully saturated rings. The van der Waals surface area contributed by atoms with Gasteiger partial charge in [-0.1, -0.05) is 41.5 Å². The number of hydrogen-bond acceptors (Lipinski definition) is 1. The Bertz CT molecular complexity index is 197. The molecule has 1 saturated heterocycles. The summed E-state index contributed by atoms with van der Waals surface area (Å²) in [5, 5.41) is 3.50. The second kappa shape index (κ2) is 5.73. The first-order chi connectivity index (χ1) is 7.67. The molecular formula is C16H33N. The van der Waals surface area contributed by atoms with E-state index in [1.807, 2.05) is 0 Å². The van der Waals surface area contributed by atoms with Crippen molar-refractivity contribution < 1.29 is 0 Å². The molecule has 1 aliphatic heterocycles. The van der Waals surface area contributed by atoms with Gasteiger partial charge in [-0.25, -0.2) is 0 Å². The molecule has 1 rings (SSSR count). The SMILES string of the molecule is CC(C)(C)CC(CC(C)(C)C)C1CCNCC1. The summed E-state index contributed by atoms with van der Waals surface area (Å²) in [7, 11) is 0. The Hall–Kier alpha value is -0.0400. The minimum absolute atomic E-state index is 0.473. The van der Waals surface area contributed by atoms with Crippen LogP contribution < -0.4 is 5.32 Å². The minimum Gasteiger partial charge on any atom is -0.317 e. The van der Waals surface area contributed by atoms with E-state index >= 15 is 0 Å². The predicted octanol–water partition coefficient (Wildman–Crippen LogP) is 4.47. The van der Waals surface area contributed by atoms with Crippen molar-refractivity contribution in [3.8, 4) is 0 Å². The van der Waals surface area contributed by atoms with E-state index in [9.17, 15) is 0 Å². The molecule has 17 heavy (non-hydrogen) atoms. The first-order valence-electron chi connectivity index (χ1n) is 7.38. The molecule has 102 valence electrons. The standard InChI is InChI=1S/C16H33N/c1-15(2,3)11-14(12-16(4,5)6)13-7-9-17-10-8-13/h13-14,17H,7-12H2,1-6H3. The molecule has 0 aliphatic carbocycles. The van der Waals surface area contributed by atoms with Gasteiger partial charge in [0.2, 0.25) is 0 Å². The predicted molar refractivity (Wildman–Crippen MR) is 77.2 cm³/mol. The zero-order valence-electron chi connectivity index (χ0n) is 12.9. The van der Waals surface area contributed by atoms with Crippen LogP contribution in [0.2, 0.25) is 0 Å². The van der Waals surface area contributed by atoms with Crippen molar-refractivity contribution in [1.29, 1.82) is 0 Å². The van der Waals surface area contributed by atoms with E-state index in [2.05, 4.69) is 46.9 Å². The first-order valence-corrected chi connectivity index (χ1v) is 7.38. The summed E-state index contributed by atoms with van der Waals surface area (Å²) in [5.41, 5.74) is 0.946. The third-order valence-electron chi connectivity index (χ3n) is 3.80. The van der Waals surface area contributed by atoms with Crippen LogP contribution >= 0.6 is 0 Å². The fourth-order valence-corrected chi connectivity index (χ4v) is 3.29. The molecule has 0 aromatic carbocycles. The Balaban J connectivity index is 2.63. The molecule has 1 N–H and O–H groups in total. The Kier molecular flexibility index (Phi) is 5.07. The number of hydrogen-bond donors (Lipinski definition) is 1. The average Bonchev–Trinajstić information content (AvgIpc) is 2.14. The Morgan fingerprint density at radius 3 is 1.65 bits per heavy atom. The molecule has 0 aromatic rings. The summed E-state index contributed by atoms with van der Waals surface area (Å²) in [5.74, 6) is 1.87. The number of nitrogens with one attached hydrogen (secondary N) is 1. The summed E-state index contributed by atoms with van der Waals surface area (Å²) in [6.07, 6.45) is 5.54. The van der Waals surface area contributed by atoms with Gasteiger partial charge in [0.05, 0.1) is 0 Å². The molecule has 1 aliphatic rings. The van der Waals surface area contributed by atoms with Crippen molar-refractivity contribution in [2.75, 3.05) is 13.1 Å². The molecule has 0 atom stereocenters. The highest BCUT2D eigenvalue weighted by Crippen LogP contribution is 2.39. The maximum atomic E-state index is 3.50. The molecule has 0 saturated carbocycles. The Morgan fingerprint density at radius 2 is 1.29 bits per heavy atom. The normalized spacial score (nSPS) is 19.9. The second-order valence-electron chi connectivity index (χ2n) is 8.38. The Morgan fingerprint density at radius 1 is 0.882 bits per heavy atom. The maximum Gasteiger partial charge on any atom is -0.00462 e. The smallest absolute Gasteiger partial charge is 0.00462 e. The molecule has 0 radical (unpaired) electrons. The largest absolute Gasteiger partial charge is 0.317 e. The molecule has 0 amide bonds. The summed E-state index contributed by atoms with van der Waals surface area (Å²) in [4.78, 5) is 0. The summed E-state index contributed by atoms with van der Waals surface area (Å²) in [6.45, 7) is 16.8. The summed E-state index contributed by atoms with van der Waals surface area (Å²) < 4.78 is 0. The van der Waals surface area contributed by atoms with Crippen LogP contribution in [-0.2, 0) is 0 Å². The Labute approximate surface area is 109 Å². The first kappa shape index (κ1) is 15.0. The van der Waals surface area contributed by atoms with Gasteiger partial charge in [0.1, 0.15) is 0 Å². The van der Waals surface area contributed by atoms with Crippen molar-refractivity contribution in [2.24, 2.45) is 22.7 Å². The molecule has 0 aromatic heterocycles. The van der Waals surface area contributed by atoms with Gasteiger partial charge in [0, 0.05) is 0 Å². The van der Waals surface area contributed by atoms with Crippen molar-refractivity contribution in [1.82, 2.24) is 5.32 Å². The lowest BCUT2D eigenvalue weighted by molar-refractivity contribution is 0.138. The second-order valence-corrected chi connectivity index (χ2v) is 8.38. The highest BCUT2D eigenvalue weighted by Gasteiger charge is 2.30. The third-order valence-corrected chi connectivity index (χ3v) is 3.80. The molecule has 0 bridgehead atoms. The summed E-state index contributed by atoms with van der Waals surface area (Å²) >= 11 is 0. The molecule has 1 heterocycles. The van der Waals surface area contributed by atoms with Gasteiger partial charge in [0.15, 0.2) is 0 Å². The topological polar surface area (TPSA) is 12.0 Å². The lowest BCUT2D eigenvalue weighted by atomic mass is 9.69. The van der Waals surface area contributed by atoms with Gasteiger partial charge in [-0.2, -0.15) is 0 Å². The van der Waals surface area contributed by atoms with E-state index in [-0.39, 0.29) is 0 Å². The minimum atomic E-state index is 0.473. The summed E-state index contributed by atoms with van der Waals surface area (Å²) in [6, 6.07) is 0. The zero-order chi connectivity index (χ0) is 13.1. The average molecular weight is 239 g/mol. The van der Waals surface area contributed by atoms with Gasteiger partial charge < -0.3 is 5.32 Å². The van der Waals surface area contributed by atoms with E-state index in [1.54, 1.807) is 0 Å². The molecule has 1 nitrogen and oxygen atoms in total. The van der Waals surface area contributed by atoms with Crippen LogP contribution in [0.1, 0.15) is 67.2 Å². The molecule has 0 spiro atoms. The van der Waals surface area contributed by atoms with E-state index in [4.69, 9.17) is 0 Å². The lowest BCUT2D eigenvalue weighted by Gasteiger charge is -2.38. The van der Waals surface area contributed by atoms with Gasteiger partial charge in [-0.15, -0.1) is 0 Å². The van der Waals surface area contributed by atoms with Crippen LogP contribution in [0.25, 0.3) is 0 Å². The zero-order valence-corrected chi connectivity index (χ0v) is 12.9. The fraction of sp³-hybridized carbons (Fsp3) is 1.00. The van der Waals surface area contributed by atoms with Crippen molar-refractivity contribution in [3.05, 3.63) is 0 Å². The van der Waals surface area contributed by atoms with Gasteiger partial charge in [0.25, 0.3) is 0 Å². The fourth-order valence-electron chi connectivity index (χ4n) is 3.29. The third kappa shape index (κ3) is 6.45. The van der Waals surface area contributed by atoms with Crippen LogP contribution in [0.4, 0.5) is 0 Å². The van der Waals surface area contributed by atoms with Crippen LogP contribution in [0.3, 0.4) is 0 Å². The van der Waals surface area contributed by atoms with E-state index in [1.165, 1.54) is 38.8 Å². The number of piperidine rings is 1. The van der Waals surface area contributed by atoms with E-state index in [0.29, 0.717) is 10.8 Å². The number of rotatable bonds is 3. The van der Waals surface area contributed by atoms with Crippen LogP contribution in [0.15, 0.2) is 0 Å². The van der Waals surface area contributed by atoms with Crippen LogP contribution in [0, 0.1) is 22.7 Å². The van der Waals surface area contributed by atoms with Gasteiger partial charge in [-0.3, -0.25) is 0 Å². The monoisotopic (exact) mass is 239 g/mol. The maximum absolute atomic E-state index is 3.50. The molecular weight excluding hydrogens is 206 g/mol. The van der Waals surface area contributed by atoms with Gasteiger partial charge >= 0.3 is 0 Å². The van der Waals surface area contributed by atoms with Crippen molar-refractivity contribution >= 4 is 0 Å². The van der Waals surface area contributed by atoms with Crippen LogP contribution in [-0.4, -0.2) is 13.1 Å². The molecule has 0 unspecified atom stereocenters. The van der Waals surface area contributed by atoms with Crippen molar-refractivity contribution in [3.63, 3.8) is 0 Å². The molecule has 1 heteroatoms. The van der Waals surface area contributed by atoms with Crippen molar-refractivity contribution in [2.45, 2.75) is 67.2 Å². The van der Waals surface area contributed by atoms with Crippen LogP contribution in [0.5, 0.6) is 0 Å². The quantitative estimate of drug-likeness (QED) is 0.766. The highest BCUT2D eigenvalue weighted by atomic mass is 14.9. The van der Waals surface area contributed by atoms with E-state index in [0.717, 1.165) is 11.8 Å².